The van der Waals surface area contributed by atoms with Gasteiger partial charge in [-0.05, 0) is 18.1 Å². The topological polar surface area (TPSA) is 58.3 Å². The molecule has 0 bridgehead atoms. The molecule has 124 valence electrons. The maximum Gasteiger partial charge on any atom is 0.193 e. The van der Waals surface area contributed by atoms with Crippen molar-refractivity contribution in [3.05, 3.63) is 47.5 Å². The predicted octanol–water partition coefficient (Wildman–Crippen LogP) is 1.34. The highest BCUT2D eigenvalue weighted by atomic mass is 19.2. The Balaban J connectivity index is 1.90. The minimum absolute atomic E-state index is 0.337. The van der Waals surface area contributed by atoms with E-state index in [0.717, 1.165) is 11.9 Å². The lowest BCUT2D eigenvalue weighted by atomic mass is 10.1. The number of aromatic nitrogens is 3. The highest BCUT2D eigenvalue weighted by Crippen LogP contribution is 2.11. The van der Waals surface area contributed by atoms with E-state index < -0.39 is 11.6 Å². The van der Waals surface area contributed by atoms with Crippen molar-refractivity contribution in [3.63, 3.8) is 0 Å². The summed E-state index contributed by atoms with van der Waals surface area (Å²) in [6, 6.07) is 4.19. The van der Waals surface area contributed by atoms with E-state index in [9.17, 15) is 8.78 Å². The number of nitrogens with zero attached hydrogens (tertiary/aromatic N) is 5. The number of hydrogen-bond acceptors (Lipinski definition) is 3. The summed E-state index contributed by atoms with van der Waals surface area (Å²) in [5, 5.41) is 7.14. The zero-order chi connectivity index (χ0) is 16.8. The van der Waals surface area contributed by atoms with Gasteiger partial charge < -0.3 is 10.2 Å². The number of aryl methyl sites for hydroxylation is 1. The molecule has 23 heavy (non-hydrogen) atoms. The second kappa shape index (κ2) is 7.66. The Labute approximate surface area is 133 Å². The molecule has 0 aliphatic heterocycles. The number of guanidine groups is 1. The van der Waals surface area contributed by atoms with Crippen LogP contribution in [0, 0.1) is 11.6 Å². The zero-order valence-corrected chi connectivity index (χ0v) is 13.4. The number of nitrogens with one attached hydrogen (secondary N) is 1. The van der Waals surface area contributed by atoms with Crippen LogP contribution in [0.2, 0.25) is 0 Å². The highest BCUT2D eigenvalue weighted by Gasteiger charge is 2.11. The summed E-state index contributed by atoms with van der Waals surface area (Å²) in [4.78, 5) is 10.2. The van der Waals surface area contributed by atoms with Crippen LogP contribution in [0.3, 0.4) is 0 Å². The molecule has 0 atom stereocenters. The minimum Gasteiger partial charge on any atom is -0.356 e. The van der Waals surface area contributed by atoms with Crippen LogP contribution in [0.4, 0.5) is 8.78 Å². The van der Waals surface area contributed by atoms with Crippen molar-refractivity contribution >= 4 is 5.96 Å². The van der Waals surface area contributed by atoms with Gasteiger partial charge in [0.1, 0.15) is 12.2 Å². The average molecular weight is 322 g/mol. The fourth-order valence-electron chi connectivity index (χ4n) is 2.19. The lowest BCUT2D eigenvalue weighted by Gasteiger charge is -2.21. The van der Waals surface area contributed by atoms with Crippen molar-refractivity contribution in [3.8, 4) is 0 Å². The largest absolute Gasteiger partial charge is 0.356 e. The molecule has 0 saturated carbocycles. The standard InChI is InChI=1S/C15H20F2N6/c1-18-15(22(2)9-13-20-10-21-23(13)3)19-8-7-11-5-4-6-12(16)14(11)17/h4-6,10H,7-9H2,1-3H3,(H,18,19). The van der Waals surface area contributed by atoms with Gasteiger partial charge in [0.15, 0.2) is 17.6 Å². The van der Waals surface area contributed by atoms with Gasteiger partial charge in [-0.1, -0.05) is 12.1 Å². The Morgan fingerprint density at radius 2 is 2.17 bits per heavy atom. The number of halogens is 2. The van der Waals surface area contributed by atoms with Crippen molar-refractivity contribution in [2.45, 2.75) is 13.0 Å². The molecule has 2 aromatic rings. The van der Waals surface area contributed by atoms with Crippen LogP contribution >= 0.6 is 0 Å². The molecule has 8 heteroatoms. The third kappa shape index (κ3) is 4.24. The molecule has 2 rings (SSSR count). The first-order valence-corrected chi connectivity index (χ1v) is 7.20. The Morgan fingerprint density at radius 1 is 1.39 bits per heavy atom. The second-order valence-electron chi connectivity index (χ2n) is 5.09. The maximum atomic E-state index is 13.6. The molecule has 0 radical (unpaired) electrons. The summed E-state index contributed by atoms with van der Waals surface area (Å²) < 4.78 is 28.5. The van der Waals surface area contributed by atoms with Gasteiger partial charge in [-0.3, -0.25) is 9.67 Å². The highest BCUT2D eigenvalue weighted by molar-refractivity contribution is 5.79. The molecule has 0 amide bonds. The summed E-state index contributed by atoms with van der Waals surface area (Å²) in [6.45, 7) is 0.973. The summed E-state index contributed by atoms with van der Waals surface area (Å²) >= 11 is 0. The molecule has 0 saturated heterocycles. The third-order valence-corrected chi connectivity index (χ3v) is 3.47. The molecule has 0 aliphatic carbocycles. The van der Waals surface area contributed by atoms with E-state index in [1.54, 1.807) is 17.8 Å². The Morgan fingerprint density at radius 3 is 2.83 bits per heavy atom. The monoisotopic (exact) mass is 322 g/mol. The first kappa shape index (κ1) is 16.9. The SMILES string of the molecule is CN=C(NCCc1cccc(F)c1F)N(C)Cc1ncnn1C. The van der Waals surface area contributed by atoms with Gasteiger partial charge in [0.2, 0.25) is 0 Å². The Kier molecular flexibility index (Phi) is 5.61. The molecule has 0 aliphatic rings. The van der Waals surface area contributed by atoms with Gasteiger partial charge >= 0.3 is 0 Å². The van der Waals surface area contributed by atoms with Crippen LogP contribution in [-0.2, 0) is 20.0 Å². The fraction of sp³-hybridized carbons (Fsp3) is 0.400. The normalized spacial score (nSPS) is 11.6. The molecular formula is C15H20F2N6. The average Bonchev–Trinajstić information content (AvgIpc) is 2.93. The number of aliphatic imine (C=N–C) groups is 1. The van der Waals surface area contributed by atoms with Crippen LogP contribution in [0.5, 0.6) is 0 Å². The van der Waals surface area contributed by atoms with Gasteiger partial charge in [0, 0.05) is 27.7 Å². The van der Waals surface area contributed by atoms with Crippen LogP contribution < -0.4 is 5.32 Å². The van der Waals surface area contributed by atoms with Crippen LogP contribution in [0.25, 0.3) is 0 Å². The van der Waals surface area contributed by atoms with E-state index in [4.69, 9.17) is 0 Å². The molecule has 1 N–H and O–H groups in total. The molecule has 1 heterocycles. The van der Waals surface area contributed by atoms with Gasteiger partial charge in [-0.2, -0.15) is 5.10 Å². The van der Waals surface area contributed by atoms with E-state index in [1.807, 2.05) is 19.0 Å². The number of hydrogen-bond donors (Lipinski definition) is 1. The van der Waals surface area contributed by atoms with E-state index in [2.05, 4.69) is 20.4 Å². The van der Waals surface area contributed by atoms with Gasteiger partial charge in [0.05, 0.1) is 6.54 Å². The third-order valence-electron chi connectivity index (χ3n) is 3.47. The van der Waals surface area contributed by atoms with Crippen LogP contribution in [0.1, 0.15) is 11.4 Å². The van der Waals surface area contributed by atoms with Crippen molar-refractivity contribution in [1.82, 2.24) is 25.0 Å². The lowest BCUT2D eigenvalue weighted by molar-refractivity contribution is 0.448. The van der Waals surface area contributed by atoms with Gasteiger partial charge in [0.25, 0.3) is 0 Å². The zero-order valence-electron chi connectivity index (χ0n) is 13.4. The Bertz CT molecular complexity index is 682. The van der Waals surface area contributed by atoms with Crippen molar-refractivity contribution in [2.75, 3.05) is 20.6 Å². The molecular weight excluding hydrogens is 302 g/mol. The van der Waals surface area contributed by atoms with Crippen LogP contribution in [-0.4, -0.2) is 46.3 Å². The van der Waals surface area contributed by atoms with Crippen molar-refractivity contribution in [1.29, 1.82) is 0 Å². The smallest absolute Gasteiger partial charge is 0.193 e. The molecule has 0 unspecified atom stereocenters. The summed E-state index contributed by atoms with van der Waals surface area (Å²) in [6.07, 6.45) is 1.85. The maximum absolute atomic E-state index is 13.6. The predicted molar refractivity (Wildman–Crippen MR) is 83.9 cm³/mol. The van der Waals surface area contributed by atoms with E-state index in [-0.39, 0.29) is 0 Å². The molecule has 0 fully saturated rings. The number of rotatable bonds is 5. The van der Waals surface area contributed by atoms with Crippen molar-refractivity contribution < 1.29 is 8.78 Å². The first-order chi connectivity index (χ1) is 11.0. The van der Waals surface area contributed by atoms with Gasteiger partial charge in [-0.15, -0.1) is 0 Å². The second-order valence-corrected chi connectivity index (χ2v) is 5.09. The molecule has 0 spiro atoms. The Hall–Kier alpha value is -2.51. The number of benzene rings is 1. The van der Waals surface area contributed by atoms with Crippen molar-refractivity contribution in [2.24, 2.45) is 12.0 Å². The van der Waals surface area contributed by atoms with E-state index in [1.165, 1.54) is 12.4 Å². The summed E-state index contributed by atoms with van der Waals surface area (Å²) in [7, 11) is 5.35. The molecule has 1 aromatic heterocycles. The lowest BCUT2D eigenvalue weighted by Crippen LogP contribution is -2.39. The molecule has 1 aromatic carbocycles. The fourth-order valence-corrected chi connectivity index (χ4v) is 2.19. The quantitative estimate of drug-likeness (QED) is 0.667. The van der Waals surface area contributed by atoms with Crippen LogP contribution in [0.15, 0.2) is 29.5 Å². The van der Waals surface area contributed by atoms with Gasteiger partial charge in [-0.25, -0.2) is 13.8 Å². The van der Waals surface area contributed by atoms with E-state index in [0.29, 0.717) is 31.0 Å². The molecule has 6 nitrogen and oxygen atoms in total. The minimum atomic E-state index is -0.828. The summed E-state index contributed by atoms with van der Waals surface area (Å²) in [5.74, 6) is -0.181. The summed E-state index contributed by atoms with van der Waals surface area (Å²) in [5.41, 5.74) is 0.337. The van der Waals surface area contributed by atoms with E-state index >= 15 is 0 Å². The first-order valence-electron chi connectivity index (χ1n) is 7.20.